The molecule has 9 rings (SSSR count). The average molecular weight is 1190 g/mol. The van der Waals surface area contributed by atoms with Crippen LogP contribution >= 0.6 is 0 Å². The summed E-state index contributed by atoms with van der Waals surface area (Å²) >= 11 is 0. The maximum Gasteiger partial charge on any atom is 0.193 e. The molecule has 0 saturated carbocycles. The van der Waals surface area contributed by atoms with Crippen LogP contribution in [0.4, 0.5) is 0 Å². The zero-order valence-corrected chi connectivity index (χ0v) is 49.1. The number of rotatable bonds is 4. The molecule has 3 heterocycles. The van der Waals surface area contributed by atoms with Gasteiger partial charge in [0.25, 0.3) is 0 Å². The van der Waals surface area contributed by atoms with Crippen LogP contribution in [-0.4, -0.2) is 170 Å². The molecule has 20 nitrogen and oxygen atoms in total. The first-order valence-corrected chi connectivity index (χ1v) is 29.1. The van der Waals surface area contributed by atoms with E-state index in [9.17, 15) is 9.59 Å². The summed E-state index contributed by atoms with van der Waals surface area (Å²) in [7, 11) is 0. The van der Waals surface area contributed by atoms with Gasteiger partial charge in [-0.05, 0) is 108 Å². The van der Waals surface area contributed by atoms with Gasteiger partial charge in [0, 0.05) is 22.3 Å². The van der Waals surface area contributed by atoms with Crippen LogP contribution in [0, 0.1) is 0 Å². The third-order valence-corrected chi connectivity index (χ3v) is 13.3. The molecule has 0 unspecified atom stereocenters. The third-order valence-electron chi connectivity index (χ3n) is 13.3. The fraction of sp³-hybridized carbons (Fsp3) is 0.424. The Morgan fingerprint density at radius 2 is 0.442 bits per heavy atom. The number of carbonyl (C=O) groups is 2. The van der Waals surface area contributed by atoms with E-state index in [0.717, 1.165) is 5.56 Å². The fourth-order valence-corrected chi connectivity index (χ4v) is 8.89. The second kappa shape index (κ2) is 33.1. The van der Waals surface area contributed by atoms with Gasteiger partial charge in [0.15, 0.2) is 80.6 Å². The molecule has 0 spiro atoms. The van der Waals surface area contributed by atoms with Gasteiger partial charge in [-0.1, -0.05) is 39.0 Å². The van der Waals surface area contributed by atoms with Crippen LogP contribution in [0.1, 0.15) is 58.2 Å². The van der Waals surface area contributed by atoms with Crippen LogP contribution in [-0.2, 0) is 33.8 Å². The summed E-state index contributed by atoms with van der Waals surface area (Å²) in [5.74, 6) is 5.17. The Morgan fingerprint density at radius 3 is 0.674 bits per heavy atom. The van der Waals surface area contributed by atoms with E-state index in [1.807, 2.05) is 42.5 Å². The van der Waals surface area contributed by atoms with Gasteiger partial charge in [0.2, 0.25) is 0 Å². The Hall–Kier alpha value is -7.98. The predicted octanol–water partition coefficient (Wildman–Crippen LogP) is 9.23. The lowest BCUT2D eigenvalue weighted by Gasteiger charge is -2.21. The lowest BCUT2D eigenvalue weighted by atomic mass is 9.87. The molecule has 0 aromatic heterocycles. The van der Waals surface area contributed by atoms with E-state index < -0.39 is 0 Å². The van der Waals surface area contributed by atoms with Gasteiger partial charge in [-0.25, -0.2) is 0 Å². The number of para-hydroxylation sites is 2. The van der Waals surface area contributed by atoms with E-state index in [2.05, 4.69) is 20.8 Å². The normalized spacial score (nSPS) is 17.1. The fourth-order valence-electron chi connectivity index (χ4n) is 8.89. The Labute approximate surface area is 501 Å². The molecule has 0 radical (unpaired) electrons. The smallest absolute Gasteiger partial charge is 0.193 e. The molecular formula is C66H76O20. The van der Waals surface area contributed by atoms with Crippen LogP contribution in [0.15, 0.2) is 115 Å². The summed E-state index contributed by atoms with van der Waals surface area (Å²) in [6.07, 6.45) is 0. The van der Waals surface area contributed by atoms with Crippen molar-refractivity contribution in [1.29, 1.82) is 0 Å². The zero-order valence-electron chi connectivity index (χ0n) is 49.1. The maximum atomic E-state index is 14.2. The maximum absolute atomic E-state index is 14.2. The summed E-state index contributed by atoms with van der Waals surface area (Å²) in [4.78, 5) is 28.3. The molecule has 0 aliphatic carbocycles. The third kappa shape index (κ3) is 19.0. The van der Waals surface area contributed by atoms with Crippen molar-refractivity contribution in [2.24, 2.45) is 0 Å². The van der Waals surface area contributed by atoms with Gasteiger partial charge >= 0.3 is 0 Å². The van der Waals surface area contributed by atoms with Crippen molar-refractivity contribution in [3.05, 3.63) is 143 Å². The second-order valence-electron chi connectivity index (χ2n) is 20.5. The van der Waals surface area contributed by atoms with Crippen molar-refractivity contribution in [2.45, 2.75) is 26.2 Å². The predicted molar refractivity (Wildman–Crippen MR) is 315 cm³/mol. The van der Waals surface area contributed by atoms with Gasteiger partial charge in [-0.15, -0.1) is 0 Å². The highest BCUT2D eigenvalue weighted by atomic mass is 16.6. The number of carbonyl (C=O) groups excluding carboxylic acids is 2. The van der Waals surface area contributed by atoms with Crippen LogP contribution in [0.3, 0.4) is 0 Å². The zero-order chi connectivity index (χ0) is 59.6. The standard InChI is InChI=1S/C66H76O20/c1-66(2,3)51-12-17-58-63(46-51)86-41-29-74-28-40-85-62-45-50(9-14-55(62)78-33-21-70-24-36-81-58)65(68)49-11-16-57-61(44-49)84-39-27-73-22-34-79-56-15-10-48(43-60(56)83-38-26-72-23-35-80-57)64(67)47-8-13-54-59(42-47)82-37-25-71-19-31-76-53-7-5-4-6-52(53)75-30-18-69-20-32-77-54/h4-17,42-46H,18-41H2,1-3H3. The Bertz CT molecular complexity index is 3100. The van der Waals surface area contributed by atoms with Crippen molar-refractivity contribution in [1.82, 2.24) is 0 Å². The van der Waals surface area contributed by atoms with Crippen LogP contribution in [0.5, 0.6) is 69.0 Å². The highest BCUT2D eigenvalue weighted by Crippen LogP contribution is 2.37. The highest BCUT2D eigenvalue weighted by molar-refractivity contribution is 6.10. The molecule has 86 heavy (non-hydrogen) atoms. The van der Waals surface area contributed by atoms with E-state index in [1.165, 1.54) is 0 Å². The van der Waals surface area contributed by atoms with Crippen molar-refractivity contribution >= 4 is 11.6 Å². The summed E-state index contributed by atoms with van der Waals surface area (Å²) in [6, 6.07) is 33.5. The Balaban J connectivity index is 0.779. The average Bonchev–Trinajstić information content (AvgIpc) is 3.17. The van der Waals surface area contributed by atoms with Crippen LogP contribution in [0.25, 0.3) is 0 Å². The minimum Gasteiger partial charge on any atom is -0.487 e. The molecule has 20 heteroatoms. The number of fused-ring (bicyclic) bond motifs is 6. The largest absolute Gasteiger partial charge is 0.487 e. The van der Waals surface area contributed by atoms with Crippen molar-refractivity contribution < 1.29 is 94.9 Å². The minimum absolute atomic E-state index is 0.0681. The number of hydrogen-bond donors (Lipinski definition) is 0. The van der Waals surface area contributed by atoms with E-state index in [0.29, 0.717) is 157 Å². The molecule has 460 valence electrons. The molecule has 3 aliphatic rings. The summed E-state index contributed by atoms with van der Waals surface area (Å²) < 4.78 is 108. The number of hydrogen-bond acceptors (Lipinski definition) is 20. The van der Waals surface area contributed by atoms with Crippen molar-refractivity contribution in [2.75, 3.05) is 159 Å². The summed E-state index contributed by atoms with van der Waals surface area (Å²) in [5, 5.41) is 0. The van der Waals surface area contributed by atoms with E-state index in [4.69, 9.17) is 85.3 Å². The summed E-state index contributed by atoms with van der Waals surface area (Å²) in [6.45, 7) is 12.4. The van der Waals surface area contributed by atoms with Gasteiger partial charge in [-0.2, -0.15) is 0 Å². The van der Waals surface area contributed by atoms with E-state index in [-0.39, 0.29) is 109 Å². The first-order valence-electron chi connectivity index (χ1n) is 29.1. The molecule has 0 amide bonds. The molecule has 0 atom stereocenters. The Morgan fingerprint density at radius 1 is 0.244 bits per heavy atom. The summed E-state index contributed by atoms with van der Waals surface area (Å²) in [5.41, 5.74) is 2.52. The molecule has 6 aromatic carbocycles. The SMILES string of the molecule is CC(C)(C)c1ccc2c(c1)OCCOCCOc1cc(C(=O)c3ccc4c(c3)OCCOCCOc3ccc(C(=O)c5ccc6c(c5)OCCOCCOc5ccccc5OCCOCCO6)cc3OCCOCCO4)ccc1OCCOCCO2. The van der Waals surface area contributed by atoms with Crippen LogP contribution in [0.2, 0.25) is 0 Å². The number of ketones is 2. The molecule has 0 fully saturated rings. The monoisotopic (exact) mass is 1190 g/mol. The molecule has 0 bridgehead atoms. The molecular weight excluding hydrogens is 1110 g/mol. The first-order chi connectivity index (χ1) is 42.2. The Kier molecular flexibility index (Phi) is 24.0. The van der Waals surface area contributed by atoms with Crippen molar-refractivity contribution in [3.63, 3.8) is 0 Å². The first kappa shape index (κ1) is 62.5. The second-order valence-corrected chi connectivity index (χ2v) is 20.5. The molecule has 0 saturated heterocycles. The van der Waals surface area contributed by atoms with Gasteiger partial charge in [-0.3, -0.25) is 9.59 Å². The lowest BCUT2D eigenvalue weighted by Crippen LogP contribution is -2.16. The molecule has 0 N–H and O–H groups in total. The molecule has 6 aromatic rings. The van der Waals surface area contributed by atoms with E-state index in [1.54, 1.807) is 72.8 Å². The number of benzene rings is 6. The topological polar surface area (TPSA) is 200 Å². The van der Waals surface area contributed by atoms with Crippen molar-refractivity contribution in [3.8, 4) is 69.0 Å². The lowest BCUT2D eigenvalue weighted by molar-refractivity contribution is 0.0639. The quantitative estimate of drug-likeness (QED) is 0.151. The minimum atomic E-state index is -0.275. The molecule has 3 aliphatic heterocycles. The van der Waals surface area contributed by atoms with Gasteiger partial charge in [0.1, 0.15) is 79.3 Å². The van der Waals surface area contributed by atoms with Gasteiger partial charge < -0.3 is 85.3 Å². The van der Waals surface area contributed by atoms with Gasteiger partial charge in [0.05, 0.1) is 79.3 Å². The highest BCUT2D eigenvalue weighted by Gasteiger charge is 2.22. The number of ether oxygens (including phenoxy) is 18. The van der Waals surface area contributed by atoms with E-state index >= 15 is 0 Å². The van der Waals surface area contributed by atoms with Crippen LogP contribution < -0.4 is 56.8 Å².